The minimum Gasteiger partial charge on any atom is -0.508 e. The molecule has 1 heterocycles. The first-order chi connectivity index (χ1) is 6.22. The van der Waals surface area contributed by atoms with Gasteiger partial charge in [-0.3, -0.25) is 0 Å². The number of hydrogen-bond donors (Lipinski definition) is 1. The number of nitrogens with zero attached hydrogens (tertiary/aromatic N) is 1. The third-order valence-electron chi connectivity index (χ3n) is 2.44. The molecule has 2 heteroatoms. The zero-order valence-electron chi connectivity index (χ0n) is 7.91. The average Bonchev–Trinajstić information content (AvgIpc) is 2.42. The third kappa shape index (κ3) is 1.18. The highest BCUT2D eigenvalue weighted by molar-refractivity contribution is 5.85. The van der Waals surface area contributed by atoms with Gasteiger partial charge in [-0.2, -0.15) is 0 Å². The number of hydrogen-bond acceptors (Lipinski definition) is 1. The third-order valence-corrected chi connectivity index (χ3v) is 2.44. The van der Waals surface area contributed by atoms with E-state index in [0.29, 0.717) is 5.75 Å². The van der Waals surface area contributed by atoms with Gasteiger partial charge in [-0.05, 0) is 30.2 Å². The van der Waals surface area contributed by atoms with Gasteiger partial charge >= 0.3 is 0 Å². The van der Waals surface area contributed by atoms with Crippen molar-refractivity contribution in [2.75, 3.05) is 0 Å². The van der Waals surface area contributed by atoms with Crippen molar-refractivity contribution in [1.29, 1.82) is 0 Å². The van der Waals surface area contributed by atoms with Crippen LogP contribution in [0.3, 0.4) is 0 Å². The monoisotopic (exact) mass is 175 g/mol. The van der Waals surface area contributed by atoms with Crippen LogP contribution in [-0.4, -0.2) is 9.67 Å². The van der Waals surface area contributed by atoms with Crippen molar-refractivity contribution in [3.63, 3.8) is 0 Å². The van der Waals surface area contributed by atoms with Gasteiger partial charge in [0.05, 0.1) is 0 Å². The molecule has 2 nitrogen and oxygen atoms in total. The summed E-state index contributed by atoms with van der Waals surface area (Å²) in [5, 5.41) is 10.5. The number of aromatic nitrogens is 1. The second kappa shape index (κ2) is 2.80. The van der Waals surface area contributed by atoms with Crippen LogP contribution >= 0.6 is 0 Å². The minimum absolute atomic E-state index is 0.341. The molecule has 1 aromatic carbocycles. The largest absolute Gasteiger partial charge is 0.508 e. The predicted molar refractivity (Wildman–Crippen MR) is 54.0 cm³/mol. The Hall–Kier alpha value is -1.44. The highest BCUT2D eigenvalue weighted by Crippen LogP contribution is 2.24. The number of rotatable bonds is 1. The summed E-state index contributed by atoms with van der Waals surface area (Å²) >= 11 is 0. The van der Waals surface area contributed by atoms with Crippen molar-refractivity contribution in [1.82, 2.24) is 4.57 Å². The molecular formula is C11H13NO. The first-order valence-electron chi connectivity index (χ1n) is 4.49. The molecule has 0 radical (unpaired) electrons. The Morgan fingerprint density at radius 1 is 1.38 bits per heavy atom. The standard InChI is InChI=1S/C11H13NO/c1-3-8-7-12(2)11-5-4-9(13)6-10(8)11/h4-7,13H,3H2,1-2H3. The zero-order chi connectivity index (χ0) is 9.42. The number of benzene rings is 1. The predicted octanol–water partition coefficient (Wildman–Crippen LogP) is 2.45. The fourth-order valence-electron chi connectivity index (χ4n) is 1.74. The molecule has 1 aromatic heterocycles. The van der Waals surface area contributed by atoms with Crippen molar-refractivity contribution in [3.05, 3.63) is 30.0 Å². The number of phenolic OH excluding ortho intramolecular Hbond substituents is 1. The van der Waals surface area contributed by atoms with Gasteiger partial charge in [-0.25, -0.2) is 0 Å². The molecule has 2 rings (SSSR count). The van der Waals surface area contributed by atoms with Gasteiger partial charge in [0.15, 0.2) is 0 Å². The van der Waals surface area contributed by atoms with Gasteiger partial charge in [0.25, 0.3) is 0 Å². The van der Waals surface area contributed by atoms with Crippen LogP contribution in [0.1, 0.15) is 12.5 Å². The summed E-state index contributed by atoms with van der Waals surface area (Å²) in [6.07, 6.45) is 3.12. The lowest BCUT2D eigenvalue weighted by Crippen LogP contribution is -1.82. The van der Waals surface area contributed by atoms with E-state index in [9.17, 15) is 5.11 Å². The van der Waals surface area contributed by atoms with Gasteiger partial charge in [0, 0.05) is 24.1 Å². The zero-order valence-corrected chi connectivity index (χ0v) is 7.91. The van der Waals surface area contributed by atoms with Crippen LogP contribution < -0.4 is 0 Å². The molecule has 0 spiro atoms. The summed E-state index contributed by atoms with van der Waals surface area (Å²) in [5.41, 5.74) is 2.46. The van der Waals surface area contributed by atoms with Crippen LogP contribution in [0, 0.1) is 0 Å². The van der Waals surface area contributed by atoms with Crippen LogP contribution in [0.25, 0.3) is 10.9 Å². The van der Waals surface area contributed by atoms with Gasteiger partial charge in [-0.15, -0.1) is 0 Å². The first-order valence-corrected chi connectivity index (χ1v) is 4.49. The van der Waals surface area contributed by atoms with E-state index in [4.69, 9.17) is 0 Å². The molecule has 0 aliphatic heterocycles. The Kier molecular flexibility index (Phi) is 1.76. The average molecular weight is 175 g/mol. The number of phenols is 1. The lowest BCUT2D eigenvalue weighted by Gasteiger charge is -1.96. The van der Waals surface area contributed by atoms with Gasteiger partial charge in [0.2, 0.25) is 0 Å². The second-order valence-electron chi connectivity index (χ2n) is 3.32. The Balaban J connectivity index is 2.81. The molecule has 0 fully saturated rings. The highest BCUT2D eigenvalue weighted by atomic mass is 16.3. The smallest absolute Gasteiger partial charge is 0.116 e. The molecule has 2 aromatic rings. The number of aromatic hydroxyl groups is 1. The normalized spacial score (nSPS) is 10.9. The molecular weight excluding hydrogens is 162 g/mol. The fourth-order valence-corrected chi connectivity index (χ4v) is 1.74. The van der Waals surface area contributed by atoms with Crippen molar-refractivity contribution in [2.24, 2.45) is 7.05 Å². The van der Waals surface area contributed by atoms with Crippen LogP contribution in [0.2, 0.25) is 0 Å². The maximum Gasteiger partial charge on any atom is 0.116 e. The van der Waals surface area contributed by atoms with E-state index in [2.05, 4.69) is 17.7 Å². The van der Waals surface area contributed by atoms with Crippen molar-refractivity contribution in [2.45, 2.75) is 13.3 Å². The Labute approximate surface area is 77.4 Å². The van der Waals surface area contributed by atoms with E-state index >= 15 is 0 Å². The maximum atomic E-state index is 9.35. The number of fused-ring (bicyclic) bond motifs is 1. The Bertz CT molecular complexity index is 443. The van der Waals surface area contributed by atoms with E-state index in [1.807, 2.05) is 19.2 Å². The van der Waals surface area contributed by atoms with Gasteiger partial charge < -0.3 is 9.67 Å². The van der Waals surface area contributed by atoms with Crippen LogP contribution in [0.4, 0.5) is 0 Å². The SMILES string of the molecule is CCc1cn(C)c2ccc(O)cc12. The molecule has 1 N–H and O–H groups in total. The van der Waals surface area contributed by atoms with Crippen LogP contribution in [-0.2, 0) is 13.5 Å². The summed E-state index contributed by atoms with van der Waals surface area (Å²) in [7, 11) is 2.03. The molecule has 0 bridgehead atoms. The summed E-state index contributed by atoms with van der Waals surface area (Å²) < 4.78 is 2.09. The summed E-state index contributed by atoms with van der Waals surface area (Å²) in [6.45, 7) is 2.12. The lowest BCUT2D eigenvalue weighted by molar-refractivity contribution is 0.476. The van der Waals surface area contributed by atoms with Crippen LogP contribution in [0.15, 0.2) is 24.4 Å². The van der Waals surface area contributed by atoms with E-state index < -0.39 is 0 Å². The van der Waals surface area contributed by atoms with E-state index in [0.717, 1.165) is 11.8 Å². The molecule has 0 aliphatic rings. The molecule has 0 saturated carbocycles. The molecule has 13 heavy (non-hydrogen) atoms. The second-order valence-corrected chi connectivity index (χ2v) is 3.32. The van der Waals surface area contributed by atoms with Crippen molar-refractivity contribution < 1.29 is 5.11 Å². The Morgan fingerprint density at radius 3 is 2.85 bits per heavy atom. The molecule has 0 aliphatic carbocycles. The van der Waals surface area contributed by atoms with Gasteiger partial charge in [-0.1, -0.05) is 6.92 Å². The minimum atomic E-state index is 0.341. The van der Waals surface area contributed by atoms with Gasteiger partial charge in [0.1, 0.15) is 5.75 Å². The topological polar surface area (TPSA) is 25.2 Å². The quantitative estimate of drug-likeness (QED) is 0.707. The molecule has 0 atom stereocenters. The highest BCUT2D eigenvalue weighted by Gasteiger charge is 2.04. The van der Waals surface area contributed by atoms with E-state index in [-0.39, 0.29) is 0 Å². The summed E-state index contributed by atoms with van der Waals surface area (Å²) in [6, 6.07) is 5.50. The molecule has 0 saturated heterocycles. The summed E-state index contributed by atoms with van der Waals surface area (Å²) in [5.74, 6) is 0.341. The molecule has 68 valence electrons. The Morgan fingerprint density at radius 2 is 2.15 bits per heavy atom. The van der Waals surface area contributed by atoms with Crippen molar-refractivity contribution >= 4 is 10.9 Å². The maximum absolute atomic E-state index is 9.35. The van der Waals surface area contributed by atoms with E-state index in [1.165, 1.54) is 11.1 Å². The summed E-state index contributed by atoms with van der Waals surface area (Å²) in [4.78, 5) is 0. The van der Waals surface area contributed by atoms with Crippen molar-refractivity contribution in [3.8, 4) is 5.75 Å². The molecule has 0 unspecified atom stereocenters. The number of aryl methyl sites for hydroxylation is 2. The first kappa shape index (κ1) is 8.17. The van der Waals surface area contributed by atoms with Crippen LogP contribution in [0.5, 0.6) is 5.75 Å². The lowest BCUT2D eigenvalue weighted by atomic mass is 10.1. The van der Waals surface area contributed by atoms with E-state index in [1.54, 1.807) is 6.07 Å². The molecule has 0 amide bonds. The fraction of sp³-hybridized carbons (Fsp3) is 0.273.